The summed E-state index contributed by atoms with van der Waals surface area (Å²) in [6.45, 7) is 2.52. The Balaban J connectivity index is 2.24. The fraction of sp³-hybridized carbons (Fsp3) is 1.00. The molecule has 1 atom stereocenters. The summed E-state index contributed by atoms with van der Waals surface area (Å²) >= 11 is 5.54. The van der Waals surface area contributed by atoms with Crippen molar-refractivity contribution in [3.8, 4) is 0 Å². The van der Waals surface area contributed by atoms with Crippen LogP contribution in [-0.2, 0) is 10.0 Å². The van der Waals surface area contributed by atoms with Crippen LogP contribution in [0.15, 0.2) is 0 Å². The molecule has 0 spiro atoms. The van der Waals surface area contributed by atoms with Gasteiger partial charge in [-0.1, -0.05) is 6.92 Å². The monoisotopic (exact) mass is 225 g/mol. The molecule has 0 aromatic heterocycles. The van der Waals surface area contributed by atoms with Crippen molar-refractivity contribution in [3.63, 3.8) is 0 Å². The lowest BCUT2D eigenvalue weighted by molar-refractivity contribution is 0.529. The van der Waals surface area contributed by atoms with Crippen LogP contribution in [0.1, 0.15) is 26.2 Å². The van der Waals surface area contributed by atoms with E-state index in [2.05, 4.69) is 4.72 Å². The maximum absolute atomic E-state index is 11.4. The van der Waals surface area contributed by atoms with Crippen LogP contribution in [-0.4, -0.2) is 26.1 Å². The van der Waals surface area contributed by atoms with Gasteiger partial charge in [0, 0.05) is 12.4 Å². The number of rotatable bonds is 6. The van der Waals surface area contributed by atoms with E-state index < -0.39 is 10.0 Å². The average molecular weight is 226 g/mol. The van der Waals surface area contributed by atoms with Crippen molar-refractivity contribution in [3.05, 3.63) is 0 Å². The molecule has 0 amide bonds. The minimum atomic E-state index is -2.99. The molecule has 0 aromatic carbocycles. The first-order valence-electron chi connectivity index (χ1n) is 4.60. The number of hydrogen-bond acceptors (Lipinski definition) is 2. The van der Waals surface area contributed by atoms with Crippen LogP contribution >= 0.6 is 11.6 Å². The minimum absolute atomic E-state index is 0.115. The summed E-state index contributed by atoms with van der Waals surface area (Å²) in [6, 6.07) is 0. The van der Waals surface area contributed by atoms with E-state index in [-0.39, 0.29) is 5.25 Å². The van der Waals surface area contributed by atoms with Crippen molar-refractivity contribution in [2.75, 3.05) is 12.4 Å². The SMILES string of the molecule is CC(CCCl)CNS(=O)(=O)C1CC1. The van der Waals surface area contributed by atoms with Crippen molar-refractivity contribution in [1.29, 1.82) is 0 Å². The molecule has 0 saturated heterocycles. The van der Waals surface area contributed by atoms with Crippen LogP contribution in [0.4, 0.5) is 0 Å². The van der Waals surface area contributed by atoms with Gasteiger partial charge in [0.1, 0.15) is 0 Å². The van der Waals surface area contributed by atoms with Crippen molar-refractivity contribution >= 4 is 21.6 Å². The molecule has 0 heterocycles. The van der Waals surface area contributed by atoms with E-state index in [0.717, 1.165) is 19.3 Å². The molecule has 5 heteroatoms. The highest BCUT2D eigenvalue weighted by Crippen LogP contribution is 2.27. The topological polar surface area (TPSA) is 46.2 Å². The van der Waals surface area contributed by atoms with E-state index in [9.17, 15) is 8.42 Å². The molecule has 1 N–H and O–H groups in total. The third kappa shape index (κ3) is 3.83. The highest BCUT2D eigenvalue weighted by atomic mass is 35.5. The van der Waals surface area contributed by atoms with Crippen LogP contribution < -0.4 is 4.72 Å². The zero-order valence-electron chi connectivity index (χ0n) is 7.79. The first-order valence-corrected chi connectivity index (χ1v) is 6.69. The molecular formula is C8H16ClNO2S. The standard InChI is InChI=1S/C8H16ClNO2S/c1-7(4-5-9)6-10-13(11,12)8-2-3-8/h7-8,10H,2-6H2,1H3. The fourth-order valence-electron chi connectivity index (χ4n) is 1.04. The minimum Gasteiger partial charge on any atom is -0.215 e. The summed E-state index contributed by atoms with van der Waals surface area (Å²) in [6.07, 6.45) is 2.49. The van der Waals surface area contributed by atoms with Crippen LogP contribution in [0.25, 0.3) is 0 Å². The summed E-state index contributed by atoms with van der Waals surface area (Å²) in [5.74, 6) is 0.915. The lowest BCUT2D eigenvalue weighted by Crippen LogP contribution is -2.31. The van der Waals surface area contributed by atoms with Gasteiger partial charge in [-0.25, -0.2) is 13.1 Å². The lowest BCUT2D eigenvalue weighted by Gasteiger charge is -2.10. The predicted octanol–water partition coefficient (Wildman–Crippen LogP) is 1.33. The number of nitrogens with one attached hydrogen (secondary N) is 1. The molecule has 3 nitrogen and oxygen atoms in total. The van der Waals surface area contributed by atoms with Gasteiger partial charge in [0.15, 0.2) is 0 Å². The van der Waals surface area contributed by atoms with E-state index in [0.29, 0.717) is 18.3 Å². The highest BCUT2D eigenvalue weighted by Gasteiger charge is 2.35. The van der Waals surface area contributed by atoms with E-state index in [1.54, 1.807) is 0 Å². The maximum Gasteiger partial charge on any atom is 0.214 e. The molecule has 0 radical (unpaired) electrons. The van der Waals surface area contributed by atoms with Gasteiger partial charge >= 0.3 is 0 Å². The van der Waals surface area contributed by atoms with Gasteiger partial charge in [0.2, 0.25) is 10.0 Å². The lowest BCUT2D eigenvalue weighted by atomic mass is 10.1. The van der Waals surface area contributed by atoms with E-state index in [1.165, 1.54) is 0 Å². The van der Waals surface area contributed by atoms with E-state index in [1.807, 2.05) is 6.92 Å². The van der Waals surface area contributed by atoms with Gasteiger partial charge in [-0.2, -0.15) is 0 Å². The van der Waals surface area contributed by atoms with Crippen molar-refractivity contribution < 1.29 is 8.42 Å². The second-order valence-electron chi connectivity index (χ2n) is 3.68. The average Bonchev–Trinajstić information content (AvgIpc) is 2.84. The normalized spacial score (nSPS) is 20.2. The summed E-state index contributed by atoms with van der Waals surface area (Å²) in [5.41, 5.74) is 0. The Morgan fingerprint density at radius 3 is 2.62 bits per heavy atom. The van der Waals surface area contributed by atoms with Gasteiger partial charge in [-0.3, -0.25) is 0 Å². The van der Waals surface area contributed by atoms with Crippen molar-refractivity contribution in [2.24, 2.45) is 5.92 Å². The summed E-state index contributed by atoms with van der Waals surface area (Å²) in [7, 11) is -2.99. The summed E-state index contributed by atoms with van der Waals surface area (Å²) < 4.78 is 25.3. The molecular weight excluding hydrogens is 210 g/mol. The quantitative estimate of drug-likeness (QED) is 0.694. The molecule has 13 heavy (non-hydrogen) atoms. The second kappa shape index (κ2) is 4.62. The first-order chi connectivity index (χ1) is 6.06. The van der Waals surface area contributed by atoms with Crippen molar-refractivity contribution in [1.82, 2.24) is 4.72 Å². The van der Waals surface area contributed by atoms with Crippen LogP contribution in [0, 0.1) is 5.92 Å². The molecule has 1 aliphatic rings. The van der Waals surface area contributed by atoms with Crippen LogP contribution in [0.3, 0.4) is 0 Å². The molecule has 78 valence electrons. The smallest absolute Gasteiger partial charge is 0.214 e. The number of halogens is 1. The van der Waals surface area contributed by atoms with E-state index in [4.69, 9.17) is 11.6 Å². The molecule has 1 fully saturated rings. The third-order valence-corrected chi connectivity index (χ3v) is 4.33. The number of sulfonamides is 1. The summed E-state index contributed by atoms with van der Waals surface area (Å²) in [4.78, 5) is 0. The Morgan fingerprint density at radius 1 is 1.54 bits per heavy atom. The zero-order valence-corrected chi connectivity index (χ0v) is 9.37. The molecule has 0 aromatic rings. The Bertz CT molecular complexity index is 249. The molecule has 0 aliphatic heterocycles. The van der Waals surface area contributed by atoms with Crippen molar-refractivity contribution in [2.45, 2.75) is 31.4 Å². The first kappa shape index (κ1) is 11.3. The predicted molar refractivity (Wildman–Crippen MR) is 54.4 cm³/mol. The van der Waals surface area contributed by atoms with Crippen LogP contribution in [0.2, 0.25) is 0 Å². The van der Waals surface area contributed by atoms with Gasteiger partial charge < -0.3 is 0 Å². The zero-order chi connectivity index (χ0) is 9.90. The number of hydrogen-bond donors (Lipinski definition) is 1. The van der Waals surface area contributed by atoms with Gasteiger partial charge in [-0.05, 0) is 25.2 Å². The number of alkyl halides is 1. The van der Waals surface area contributed by atoms with Gasteiger partial charge in [-0.15, -0.1) is 11.6 Å². The fourth-order valence-corrected chi connectivity index (χ4v) is 2.92. The Kier molecular flexibility index (Phi) is 4.01. The largest absolute Gasteiger partial charge is 0.215 e. The molecule has 1 rings (SSSR count). The maximum atomic E-state index is 11.4. The summed E-state index contributed by atoms with van der Waals surface area (Å²) in [5, 5.41) is -0.115. The Morgan fingerprint density at radius 2 is 2.15 bits per heavy atom. The highest BCUT2D eigenvalue weighted by molar-refractivity contribution is 7.90. The molecule has 1 aliphatic carbocycles. The third-order valence-electron chi connectivity index (χ3n) is 2.20. The van der Waals surface area contributed by atoms with Crippen LogP contribution in [0.5, 0.6) is 0 Å². The van der Waals surface area contributed by atoms with E-state index >= 15 is 0 Å². The molecule has 1 saturated carbocycles. The Labute approximate surface area is 84.9 Å². The van der Waals surface area contributed by atoms with Gasteiger partial charge in [0.25, 0.3) is 0 Å². The molecule has 0 bridgehead atoms. The second-order valence-corrected chi connectivity index (χ2v) is 6.10. The molecule has 1 unspecified atom stereocenters. The van der Waals surface area contributed by atoms with Gasteiger partial charge in [0.05, 0.1) is 5.25 Å². The Hall–Kier alpha value is 0.200.